The van der Waals surface area contributed by atoms with Gasteiger partial charge in [-0.05, 0) is 5.92 Å². The molecule has 2 aliphatic rings. The summed E-state index contributed by atoms with van der Waals surface area (Å²) in [5.41, 5.74) is 6.09. The number of hydrogen-bond donors (Lipinski definition) is 4. The lowest BCUT2D eigenvalue weighted by molar-refractivity contribution is 0.0690. The average Bonchev–Trinajstić information content (AvgIpc) is 3.32. The van der Waals surface area contributed by atoms with Gasteiger partial charge in [-0.2, -0.15) is 4.98 Å². The summed E-state index contributed by atoms with van der Waals surface area (Å²) in [7, 11) is -1.81. The van der Waals surface area contributed by atoms with Crippen LogP contribution in [0.3, 0.4) is 0 Å². The molecule has 2 saturated heterocycles. The van der Waals surface area contributed by atoms with Crippen molar-refractivity contribution in [3.05, 3.63) is 23.1 Å². The lowest BCUT2D eigenvalue weighted by Gasteiger charge is -2.20. The van der Waals surface area contributed by atoms with Crippen molar-refractivity contribution in [2.75, 3.05) is 36.6 Å². The van der Waals surface area contributed by atoms with Crippen molar-refractivity contribution < 1.29 is 17.9 Å². The normalized spacial score (nSPS) is 26.9. The molecule has 0 aromatic carbocycles. The molecule has 0 saturated carbocycles. The number of aliphatic imine (C=N–C) groups is 1. The van der Waals surface area contributed by atoms with E-state index in [2.05, 4.69) is 30.3 Å². The minimum atomic E-state index is -3.43. The molecule has 13 heteroatoms. The van der Waals surface area contributed by atoms with Crippen molar-refractivity contribution in [3.8, 4) is 0 Å². The van der Waals surface area contributed by atoms with Crippen LogP contribution in [-0.2, 0) is 19.5 Å². The quantitative estimate of drug-likeness (QED) is 0.353. The Morgan fingerprint density at radius 2 is 2.06 bits per heavy atom. The molecule has 5 atom stereocenters. The Hall–Kier alpha value is -1.99. The van der Waals surface area contributed by atoms with Gasteiger partial charge in [-0.1, -0.05) is 31.9 Å². The van der Waals surface area contributed by atoms with Crippen LogP contribution in [0.15, 0.2) is 23.1 Å². The minimum absolute atomic E-state index is 0.0745. The zero-order valence-corrected chi connectivity index (χ0v) is 19.9. The topological polar surface area (TPSA) is 153 Å². The molecule has 0 aliphatic carbocycles. The summed E-state index contributed by atoms with van der Waals surface area (Å²) in [6.45, 7) is 4.43. The summed E-state index contributed by atoms with van der Waals surface area (Å²) in [5.74, 6) is 0.831. The Morgan fingerprint density at radius 3 is 2.72 bits per heavy atom. The standard InChI is InChI=1S/C19H30ClN7O4S/c1-4-11(2)10-32(28,29)27-15-9-31-16-14(8-30-17(15)16)25-18-13(20)7-23-19(26-18)24-12(5-21)6-22-3/h5-7,11,14-17,27H,4,8-10,21H2,1-3H3,(H2,23,24,25,26). The summed E-state index contributed by atoms with van der Waals surface area (Å²) in [4.78, 5) is 12.4. The number of allylic oxidation sites excluding steroid dienone is 1. The Labute approximate surface area is 193 Å². The zero-order chi connectivity index (χ0) is 23.3. The van der Waals surface area contributed by atoms with Crippen LogP contribution in [0.4, 0.5) is 11.8 Å². The van der Waals surface area contributed by atoms with Crippen molar-refractivity contribution in [2.24, 2.45) is 16.6 Å². The number of aromatic nitrogens is 2. The molecule has 3 heterocycles. The van der Waals surface area contributed by atoms with Gasteiger partial charge >= 0.3 is 0 Å². The van der Waals surface area contributed by atoms with E-state index < -0.39 is 22.2 Å². The third-order valence-corrected chi connectivity index (χ3v) is 7.30. The predicted octanol–water partition coefficient (Wildman–Crippen LogP) is 0.955. The van der Waals surface area contributed by atoms with Gasteiger partial charge in [0.1, 0.15) is 17.2 Å². The van der Waals surface area contributed by atoms with Crippen LogP contribution in [-0.4, -0.2) is 74.9 Å². The highest BCUT2D eigenvalue weighted by molar-refractivity contribution is 7.89. The molecule has 32 heavy (non-hydrogen) atoms. The van der Waals surface area contributed by atoms with E-state index in [-0.39, 0.29) is 36.4 Å². The number of ether oxygens (including phenoxy) is 2. The molecule has 5 N–H and O–H groups in total. The van der Waals surface area contributed by atoms with Crippen LogP contribution in [0, 0.1) is 5.92 Å². The van der Waals surface area contributed by atoms with E-state index in [4.69, 9.17) is 26.8 Å². The van der Waals surface area contributed by atoms with Gasteiger partial charge in [-0.15, -0.1) is 0 Å². The van der Waals surface area contributed by atoms with E-state index in [1.54, 1.807) is 7.05 Å². The second kappa shape index (κ2) is 10.8. The SMILES string of the molecule is CCC(C)CS(=O)(=O)NC1COC2C(Nc3nc(NC(C=NC)=CN)ncc3Cl)COC12. The molecule has 11 nitrogen and oxygen atoms in total. The molecule has 2 aliphatic heterocycles. The molecule has 178 valence electrons. The number of rotatable bonds is 10. The van der Waals surface area contributed by atoms with Crippen LogP contribution in [0.1, 0.15) is 20.3 Å². The van der Waals surface area contributed by atoms with Gasteiger partial charge in [0.05, 0.1) is 42.9 Å². The number of nitrogens with two attached hydrogens (primary N) is 1. The summed E-state index contributed by atoms with van der Waals surface area (Å²) >= 11 is 6.27. The Balaban J connectivity index is 1.65. The first-order chi connectivity index (χ1) is 15.3. The number of anilines is 2. The fourth-order valence-electron chi connectivity index (χ4n) is 3.58. The Kier molecular flexibility index (Phi) is 8.28. The van der Waals surface area contributed by atoms with E-state index in [0.717, 1.165) is 6.42 Å². The smallest absolute Gasteiger partial charge is 0.229 e. The first kappa shape index (κ1) is 24.6. The van der Waals surface area contributed by atoms with E-state index in [0.29, 0.717) is 23.1 Å². The molecular formula is C19H30ClN7O4S. The largest absolute Gasteiger partial charge is 0.403 e. The second-order valence-electron chi connectivity index (χ2n) is 7.89. The van der Waals surface area contributed by atoms with E-state index in [1.165, 1.54) is 18.6 Å². The fraction of sp³-hybridized carbons (Fsp3) is 0.632. The lowest BCUT2D eigenvalue weighted by atomic mass is 10.1. The number of nitrogens with one attached hydrogen (secondary N) is 3. The van der Waals surface area contributed by atoms with E-state index in [1.807, 2.05) is 13.8 Å². The number of sulfonamides is 1. The Bertz CT molecular complexity index is 959. The first-order valence-corrected chi connectivity index (χ1v) is 12.4. The lowest BCUT2D eigenvalue weighted by Crippen LogP contribution is -2.46. The van der Waals surface area contributed by atoms with E-state index in [9.17, 15) is 8.42 Å². The van der Waals surface area contributed by atoms with Crippen LogP contribution < -0.4 is 21.1 Å². The number of nitrogens with zero attached hydrogens (tertiary/aromatic N) is 3. The molecule has 1 aromatic rings. The van der Waals surface area contributed by atoms with E-state index >= 15 is 0 Å². The van der Waals surface area contributed by atoms with Crippen LogP contribution in [0.25, 0.3) is 0 Å². The van der Waals surface area contributed by atoms with Crippen molar-refractivity contribution >= 4 is 39.6 Å². The van der Waals surface area contributed by atoms with Crippen LogP contribution in [0.2, 0.25) is 5.02 Å². The molecule has 0 spiro atoms. The zero-order valence-electron chi connectivity index (χ0n) is 18.3. The maximum absolute atomic E-state index is 12.5. The number of halogens is 1. The van der Waals surface area contributed by atoms with Gasteiger partial charge in [0, 0.05) is 19.5 Å². The van der Waals surface area contributed by atoms with Crippen molar-refractivity contribution in [1.29, 1.82) is 0 Å². The molecule has 2 fully saturated rings. The molecule has 3 rings (SSSR count). The summed E-state index contributed by atoms with van der Waals surface area (Å²) in [6, 6.07) is -0.699. The third-order valence-electron chi connectivity index (χ3n) is 5.36. The first-order valence-electron chi connectivity index (χ1n) is 10.4. The summed E-state index contributed by atoms with van der Waals surface area (Å²) in [6.07, 6.45) is 4.40. The second-order valence-corrected chi connectivity index (χ2v) is 10.1. The van der Waals surface area contributed by atoms with Gasteiger partial charge in [0.2, 0.25) is 16.0 Å². The average molecular weight is 488 g/mol. The minimum Gasteiger partial charge on any atom is -0.403 e. The highest BCUT2D eigenvalue weighted by Crippen LogP contribution is 2.31. The molecule has 1 aromatic heterocycles. The fourth-order valence-corrected chi connectivity index (χ4v) is 5.47. The van der Waals surface area contributed by atoms with Gasteiger partial charge < -0.3 is 25.8 Å². The molecule has 0 amide bonds. The van der Waals surface area contributed by atoms with Gasteiger partial charge in [0.15, 0.2) is 5.82 Å². The molecule has 0 bridgehead atoms. The maximum atomic E-state index is 12.5. The van der Waals surface area contributed by atoms with Crippen molar-refractivity contribution in [1.82, 2.24) is 14.7 Å². The van der Waals surface area contributed by atoms with Crippen LogP contribution in [0.5, 0.6) is 0 Å². The highest BCUT2D eigenvalue weighted by atomic mass is 35.5. The predicted molar refractivity (Wildman–Crippen MR) is 124 cm³/mol. The van der Waals surface area contributed by atoms with Gasteiger partial charge in [-0.25, -0.2) is 18.1 Å². The summed E-state index contributed by atoms with van der Waals surface area (Å²) < 4.78 is 39.4. The molecule has 0 radical (unpaired) electrons. The highest BCUT2D eigenvalue weighted by Gasteiger charge is 2.49. The summed E-state index contributed by atoms with van der Waals surface area (Å²) in [5, 5.41) is 6.51. The molecule has 5 unspecified atom stereocenters. The van der Waals surface area contributed by atoms with Crippen molar-refractivity contribution in [2.45, 2.75) is 44.6 Å². The molecular weight excluding hydrogens is 458 g/mol. The third kappa shape index (κ3) is 6.07. The monoisotopic (exact) mass is 487 g/mol. The Morgan fingerprint density at radius 1 is 1.38 bits per heavy atom. The number of fused-ring (bicyclic) bond motifs is 1. The van der Waals surface area contributed by atoms with Gasteiger partial charge in [0.25, 0.3) is 0 Å². The number of hydrogen-bond acceptors (Lipinski definition) is 10. The van der Waals surface area contributed by atoms with Gasteiger partial charge in [-0.3, -0.25) is 4.99 Å². The van der Waals surface area contributed by atoms with Crippen LogP contribution >= 0.6 is 11.6 Å². The van der Waals surface area contributed by atoms with Crippen molar-refractivity contribution in [3.63, 3.8) is 0 Å². The maximum Gasteiger partial charge on any atom is 0.229 e.